The molecule has 0 radical (unpaired) electrons. The molecular weight excluding hydrogens is 269 g/mol. The number of benzene rings is 1. The van der Waals surface area contributed by atoms with E-state index in [4.69, 9.17) is 4.74 Å². The first kappa shape index (κ1) is 16.4. The second-order valence-electron chi connectivity index (χ2n) is 6.28. The van der Waals surface area contributed by atoms with Crippen LogP contribution < -0.4 is 5.32 Å². The normalized spacial score (nSPS) is 19.6. The molecule has 0 saturated carbocycles. The van der Waals surface area contributed by atoms with E-state index < -0.39 is 6.10 Å². The van der Waals surface area contributed by atoms with Gasteiger partial charge in [0, 0.05) is 19.2 Å². The van der Waals surface area contributed by atoms with Crippen LogP contribution in [-0.2, 0) is 11.2 Å². The van der Waals surface area contributed by atoms with Gasteiger partial charge >= 0.3 is 0 Å². The van der Waals surface area contributed by atoms with Crippen LogP contribution in [0.25, 0.3) is 0 Å². The summed E-state index contributed by atoms with van der Waals surface area (Å²) in [5.74, 6) is 0.307. The molecule has 4 heteroatoms. The van der Waals surface area contributed by atoms with Crippen molar-refractivity contribution in [3.8, 4) is 0 Å². The van der Waals surface area contributed by atoms with Crippen LogP contribution in [0.1, 0.15) is 43.9 Å². The number of nitrogens with one attached hydrogen (secondary N) is 1. The summed E-state index contributed by atoms with van der Waals surface area (Å²) < 4.78 is 18.7. The predicted octanol–water partition coefficient (Wildman–Crippen LogP) is 2.83. The molecule has 3 nitrogen and oxygen atoms in total. The van der Waals surface area contributed by atoms with Crippen molar-refractivity contribution >= 4 is 0 Å². The van der Waals surface area contributed by atoms with Gasteiger partial charge in [0.2, 0.25) is 0 Å². The lowest BCUT2D eigenvalue weighted by Gasteiger charge is -2.27. The summed E-state index contributed by atoms with van der Waals surface area (Å²) >= 11 is 0. The molecule has 1 aromatic carbocycles. The molecule has 1 aliphatic rings. The first-order valence-corrected chi connectivity index (χ1v) is 7.83. The van der Waals surface area contributed by atoms with Crippen LogP contribution in [0.5, 0.6) is 0 Å². The maximum atomic E-state index is 13.3. The van der Waals surface area contributed by atoms with E-state index in [1.165, 1.54) is 6.07 Å². The minimum Gasteiger partial charge on any atom is -0.389 e. The Labute approximate surface area is 126 Å². The third-order valence-electron chi connectivity index (χ3n) is 3.78. The Bertz CT molecular complexity index is 450. The van der Waals surface area contributed by atoms with Crippen molar-refractivity contribution < 1.29 is 14.2 Å². The van der Waals surface area contributed by atoms with Crippen LogP contribution in [0.3, 0.4) is 0 Å². The highest BCUT2D eigenvalue weighted by Gasteiger charge is 2.20. The molecule has 0 bridgehead atoms. The van der Waals surface area contributed by atoms with Crippen molar-refractivity contribution in [3.63, 3.8) is 0 Å². The molecule has 1 aromatic rings. The highest BCUT2D eigenvalue weighted by atomic mass is 19.1. The van der Waals surface area contributed by atoms with Gasteiger partial charge in [0.05, 0.1) is 12.7 Å². The van der Waals surface area contributed by atoms with Crippen molar-refractivity contribution in [2.75, 3.05) is 19.8 Å². The van der Waals surface area contributed by atoms with Crippen molar-refractivity contribution in [2.45, 2.75) is 45.3 Å². The Hall–Kier alpha value is -0.970. The van der Waals surface area contributed by atoms with E-state index in [2.05, 4.69) is 19.2 Å². The summed E-state index contributed by atoms with van der Waals surface area (Å²) in [6.45, 7) is 5.70. The number of ether oxygens (including phenoxy) is 1. The van der Waals surface area contributed by atoms with E-state index in [1.54, 1.807) is 6.07 Å². The molecule has 2 N–H and O–H groups in total. The molecule has 118 valence electrons. The summed E-state index contributed by atoms with van der Waals surface area (Å²) in [4.78, 5) is 0. The molecule has 0 spiro atoms. The first-order valence-electron chi connectivity index (χ1n) is 7.83. The summed E-state index contributed by atoms with van der Waals surface area (Å²) in [6, 6.07) is 5.21. The van der Waals surface area contributed by atoms with Crippen molar-refractivity contribution in [1.29, 1.82) is 0 Å². The van der Waals surface area contributed by atoms with E-state index in [9.17, 15) is 9.50 Å². The number of hydrogen-bond donors (Lipinski definition) is 2. The fourth-order valence-corrected chi connectivity index (χ4v) is 2.77. The second-order valence-corrected chi connectivity index (χ2v) is 6.28. The summed E-state index contributed by atoms with van der Waals surface area (Å²) in [7, 11) is 0. The molecule has 2 unspecified atom stereocenters. The average molecular weight is 295 g/mol. The molecule has 21 heavy (non-hydrogen) atoms. The highest BCUT2D eigenvalue weighted by Crippen LogP contribution is 2.30. The Kier molecular flexibility index (Phi) is 6.15. The molecular formula is C17H26FNO2. The van der Waals surface area contributed by atoms with E-state index in [0.717, 1.165) is 30.4 Å². The fourth-order valence-electron chi connectivity index (χ4n) is 2.77. The zero-order valence-corrected chi connectivity index (χ0v) is 12.9. The average Bonchev–Trinajstić information content (AvgIpc) is 2.44. The van der Waals surface area contributed by atoms with Crippen LogP contribution in [0.2, 0.25) is 0 Å². The molecule has 2 atom stereocenters. The zero-order valence-electron chi connectivity index (χ0n) is 12.9. The Balaban J connectivity index is 1.82. The van der Waals surface area contributed by atoms with Crippen LogP contribution in [0, 0.1) is 11.7 Å². The number of aliphatic hydroxyl groups is 1. The number of halogens is 1. The van der Waals surface area contributed by atoms with E-state index >= 15 is 0 Å². The van der Waals surface area contributed by atoms with Gasteiger partial charge in [-0.1, -0.05) is 19.9 Å². The fraction of sp³-hybridized carbons (Fsp3) is 0.647. The van der Waals surface area contributed by atoms with Gasteiger partial charge < -0.3 is 15.2 Å². The SMILES string of the molecule is CC(C)COCC(O)CNC1CCCc2cc(F)ccc21. The van der Waals surface area contributed by atoms with Gasteiger partial charge in [0.15, 0.2) is 0 Å². The number of aliphatic hydroxyl groups excluding tert-OH is 1. The lowest BCUT2D eigenvalue weighted by Crippen LogP contribution is -2.34. The minimum absolute atomic E-state index is 0.170. The Morgan fingerprint density at radius 3 is 2.95 bits per heavy atom. The largest absolute Gasteiger partial charge is 0.389 e. The van der Waals surface area contributed by atoms with Gasteiger partial charge in [0.25, 0.3) is 0 Å². The van der Waals surface area contributed by atoms with E-state index in [-0.39, 0.29) is 11.9 Å². The van der Waals surface area contributed by atoms with Crippen molar-refractivity contribution in [2.24, 2.45) is 5.92 Å². The number of fused-ring (bicyclic) bond motifs is 1. The number of aryl methyl sites for hydroxylation is 1. The third-order valence-corrected chi connectivity index (χ3v) is 3.78. The molecule has 0 amide bonds. The first-order chi connectivity index (χ1) is 10.1. The topological polar surface area (TPSA) is 41.5 Å². The van der Waals surface area contributed by atoms with Crippen LogP contribution in [-0.4, -0.2) is 31.0 Å². The highest BCUT2D eigenvalue weighted by molar-refractivity contribution is 5.32. The quantitative estimate of drug-likeness (QED) is 0.813. The van der Waals surface area contributed by atoms with E-state index in [1.807, 2.05) is 6.07 Å². The van der Waals surface area contributed by atoms with Crippen LogP contribution >= 0.6 is 0 Å². The van der Waals surface area contributed by atoms with E-state index in [0.29, 0.717) is 25.7 Å². The van der Waals surface area contributed by atoms with Gasteiger partial charge in [0.1, 0.15) is 5.82 Å². The van der Waals surface area contributed by atoms with Gasteiger partial charge in [-0.25, -0.2) is 4.39 Å². The van der Waals surface area contributed by atoms with Crippen molar-refractivity contribution in [1.82, 2.24) is 5.32 Å². The van der Waals surface area contributed by atoms with Crippen molar-refractivity contribution in [3.05, 3.63) is 35.1 Å². The van der Waals surface area contributed by atoms with Crippen LogP contribution in [0.15, 0.2) is 18.2 Å². The van der Waals surface area contributed by atoms with Crippen LogP contribution in [0.4, 0.5) is 4.39 Å². The zero-order chi connectivity index (χ0) is 15.2. The van der Waals surface area contributed by atoms with Gasteiger partial charge in [-0.2, -0.15) is 0 Å². The standard InChI is InChI=1S/C17H26FNO2/c1-12(2)10-21-11-15(20)9-19-17-5-3-4-13-8-14(18)6-7-16(13)17/h6-8,12,15,17,19-20H,3-5,9-11H2,1-2H3. The Morgan fingerprint density at radius 2 is 2.19 bits per heavy atom. The number of hydrogen-bond acceptors (Lipinski definition) is 3. The van der Waals surface area contributed by atoms with Gasteiger partial charge in [-0.05, 0) is 48.4 Å². The van der Waals surface area contributed by atoms with Gasteiger partial charge in [-0.15, -0.1) is 0 Å². The minimum atomic E-state index is -0.505. The lowest BCUT2D eigenvalue weighted by molar-refractivity contribution is 0.0247. The molecule has 2 rings (SSSR count). The Morgan fingerprint density at radius 1 is 1.38 bits per heavy atom. The monoisotopic (exact) mass is 295 g/mol. The predicted molar refractivity (Wildman–Crippen MR) is 81.7 cm³/mol. The molecule has 0 saturated heterocycles. The molecule has 0 fully saturated rings. The molecule has 1 aliphatic carbocycles. The molecule has 0 aliphatic heterocycles. The maximum Gasteiger partial charge on any atom is 0.123 e. The van der Waals surface area contributed by atoms with Gasteiger partial charge in [-0.3, -0.25) is 0 Å². The molecule has 0 aromatic heterocycles. The summed E-state index contributed by atoms with van der Waals surface area (Å²) in [6.07, 6.45) is 2.51. The second kappa shape index (κ2) is 7.87. The molecule has 0 heterocycles. The summed E-state index contributed by atoms with van der Waals surface area (Å²) in [5, 5.41) is 13.3. The third kappa shape index (κ3) is 5.06. The smallest absolute Gasteiger partial charge is 0.123 e. The summed E-state index contributed by atoms with van der Waals surface area (Å²) in [5.41, 5.74) is 2.25. The number of rotatable bonds is 7. The lowest BCUT2D eigenvalue weighted by atomic mass is 9.87. The maximum absolute atomic E-state index is 13.3.